The molecule has 1 atom stereocenters. The first kappa shape index (κ1) is 19.4. The van der Waals surface area contributed by atoms with Crippen molar-refractivity contribution in [1.29, 1.82) is 0 Å². The molecule has 4 N–H and O–H groups in total. The second kappa shape index (κ2) is 9.01. The first-order chi connectivity index (χ1) is 13.5. The molecule has 1 heterocycles. The zero-order chi connectivity index (χ0) is 19.9. The Morgan fingerprint density at radius 2 is 1.68 bits per heavy atom. The van der Waals surface area contributed by atoms with E-state index in [2.05, 4.69) is 15.6 Å². The summed E-state index contributed by atoms with van der Waals surface area (Å²) in [6.45, 7) is 0. The van der Waals surface area contributed by atoms with Crippen molar-refractivity contribution in [2.75, 3.05) is 10.6 Å². The van der Waals surface area contributed by atoms with Crippen LogP contribution in [-0.2, 0) is 11.2 Å². The fraction of sp³-hybridized carbons (Fsp3) is 0.0952. The number of rotatable bonds is 7. The van der Waals surface area contributed by atoms with Gasteiger partial charge in [-0.1, -0.05) is 60.1 Å². The first-order valence-electron chi connectivity index (χ1n) is 8.64. The molecule has 3 rings (SSSR count). The number of halogens is 1. The van der Waals surface area contributed by atoms with E-state index in [1.54, 1.807) is 0 Å². The Bertz CT molecular complexity index is 965. The number of amides is 2. The Morgan fingerprint density at radius 3 is 2.29 bits per heavy atom. The van der Waals surface area contributed by atoms with E-state index in [0.717, 1.165) is 5.56 Å². The highest BCUT2D eigenvalue weighted by molar-refractivity contribution is 6.33. The summed E-state index contributed by atoms with van der Waals surface area (Å²) >= 11 is 6.22. The van der Waals surface area contributed by atoms with E-state index in [4.69, 9.17) is 17.3 Å². The molecular formula is C21H19ClN4O2. The molecule has 0 fully saturated rings. The summed E-state index contributed by atoms with van der Waals surface area (Å²) in [5.41, 5.74) is 7.12. The van der Waals surface area contributed by atoms with Crippen LogP contribution in [-0.4, -0.2) is 22.8 Å². The van der Waals surface area contributed by atoms with Crippen LogP contribution in [0.2, 0.25) is 5.02 Å². The fourth-order valence-corrected chi connectivity index (χ4v) is 2.87. The van der Waals surface area contributed by atoms with Gasteiger partial charge < -0.3 is 16.4 Å². The molecule has 0 aliphatic heterocycles. The maximum atomic E-state index is 12.9. The Morgan fingerprint density at radius 1 is 1.04 bits per heavy atom. The third kappa shape index (κ3) is 5.08. The molecule has 3 aromatic rings. The molecule has 28 heavy (non-hydrogen) atoms. The zero-order valence-electron chi connectivity index (χ0n) is 14.9. The molecule has 0 spiro atoms. The van der Waals surface area contributed by atoms with Crippen molar-refractivity contribution in [3.05, 3.63) is 89.1 Å². The number of pyridine rings is 1. The lowest BCUT2D eigenvalue weighted by Crippen LogP contribution is -2.37. The van der Waals surface area contributed by atoms with Crippen LogP contribution in [0.15, 0.2) is 72.9 Å². The third-order valence-corrected chi connectivity index (χ3v) is 4.37. The van der Waals surface area contributed by atoms with Crippen molar-refractivity contribution in [2.24, 2.45) is 5.73 Å². The zero-order valence-corrected chi connectivity index (χ0v) is 15.7. The SMILES string of the molecule is NC(=O)c1cnc(N[C@H](Cc2ccccc2)C(=O)Nc2ccccc2)c(Cl)c1. The number of carbonyl (C=O) groups excluding carboxylic acids is 2. The van der Waals surface area contributed by atoms with Gasteiger partial charge in [0.05, 0.1) is 10.6 Å². The Balaban J connectivity index is 1.83. The number of anilines is 2. The quantitative estimate of drug-likeness (QED) is 0.571. The van der Waals surface area contributed by atoms with E-state index in [1.165, 1.54) is 12.3 Å². The normalized spacial score (nSPS) is 11.5. The summed E-state index contributed by atoms with van der Waals surface area (Å²) < 4.78 is 0. The van der Waals surface area contributed by atoms with Crippen molar-refractivity contribution in [3.63, 3.8) is 0 Å². The number of hydrogen-bond acceptors (Lipinski definition) is 4. The molecule has 6 nitrogen and oxygen atoms in total. The Kier molecular flexibility index (Phi) is 6.24. The van der Waals surface area contributed by atoms with E-state index >= 15 is 0 Å². The summed E-state index contributed by atoms with van der Waals surface area (Å²) in [5.74, 6) is -0.550. The lowest BCUT2D eigenvalue weighted by molar-refractivity contribution is -0.116. The average molecular weight is 395 g/mol. The number of nitrogens with one attached hydrogen (secondary N) is 2. The summed E-state index contributed by atoms with van der Waals surface area (Å²) in [4.78, 5) is 28.3. The predicted molar refractivity (Wildman–Crippen MR) is 110 cm³/mol. The van der Waals surface area contributed by atoms with Crippen molar-refractivity contribution >= 4 is 34.9 Å². The van der Waals surface area contributed by atoms with Crippen LogP contribution in [0.5, 0.6) is 0 Å². The molecule has 0 bridgehead atoms. The van der Waals surface area contributed by atoms with Gasteiger partial charge in [0.25, 0.3) is 0 Å². The molecule has 2 amide bonds. The summed E-state index contributed by atoms with van der Waals surface area (Å²) in [5, 5.41) is 6.17. The lowest BCUT2D eigenvalue weighted by Gasteiger charge is -2.20. The highest BCUT2D eigenvalue weighted by Crippen LogP contribution is 2.22. The standard InChI is InChI=1S/C21H19ClN4O2/c22-17-12-15(19(23)27)13-24-20(17)26-18(11-14-7-3-1-4-8-14)21(28)25-16-9-5-2-6-10-16/h1-10,12-13,18H,11H2,(H2,23,27)(H,24,26)(H,25,28)/t18-/m1/s1. The summed E-state index contributed by atoms with van der Waals surface area (Å²) in [7, 11) is 0. The van der Waals surface area contributed by atoms with E-state index in [0.29, 0.717) is 17.9 Å². The molecule has 7 heteroatoms. The van der Waals surface area contributed by atoms with Crippen LogP contribution in [0.25, 0.3) is 0 Å². The molecule has 0 radical (unpaired) electrons. The number of aromatic nitrogens is 1. The highest BCUT2D eigenvalue weighted by Gasteiger charge is 2.21. The molecule has 0 aliphatic rings. The predicted octanol–water partition coefficient (Wildman–Crippen LogP) is 3.50. The van der Waals surface area contributed by atoms with E-state index in [9.17, 15) is 9.59 Å². The maximum absolute atomic E-state index is 12.9. The number of primary amides is 1. The second-order valence-electron chi connectivity index (χ2n) is 6.16. The second-order valence-corrected chi connectivity index (χ2v) is 6.57. The van der Waals surface area contributed by atoms with Crippen LogP contribution >= 0.6 is 11.6 Å². The third-order valence-electron chi connectivity index (χ3n) is 4.08. The smallest absolute Gasteiger partial charge is 0.250 e. The van der Waals surface area contributed by atoms with Crippen molar-refractivity contribution < 1.29 is 9.59 Å². The lowest BCUT2D eigenvalue weighted by atomic mass is 10.0. The topological polar surface area (TPSA) is 97.1 Å². The largest absolute Gasteiger partial charge is 0.366 e. The van der Waals surface area contributed by atoms with Crippen LogP contribution in [0, 0.1) is 0 Å². The van der Waals surface area contributed by atoms with Gasteiger partial charge in [0.15, 0.2) is 0 Å². The van der Waals surface area contributed by atoms with Gasteiger partial charge in [-0.05, 0) is 23.8 Å². The molecule has 0 saturated carbocycles. The van der Waals surface area contributed by atoms with E-state index in [1.807, 2.05) is 60.7 Å². The first-order valence-corrected chi connectivity index (χ1v) is 9.02. The minimum Gasteiger partial charge on any atom is -0.366 e. The molecular weight excluding hydrogens is 376 g/mol. The van der Waals surface area contributed by atoms with Crippen LogP contribution in [0.3, 0.4) is 0 Å². The van der Waals surface area contributed by atoms with Gasteiger partial charge in [0, 0.05) is 18.3 Å². The molecule has 2 aromatic carbocycles. The summed E-state index contributed by atoms with van der Waals surface area (Å²) in [6.07, 6.45) is 1.75. The van der Waals surface area contributed by atoms with Gasteiger partial charge in [-0.15, -0.1) is 0 Å². The average Bonchev–Trinajstić information content (AvgIpc) is 2.70. The molecule has 1 aromatic heterocycles. The van der Waals surface area contributed by atoms with Gasteiger partial charge in [-0.25, -0.2) is 4.98 Å². The maximum Gasteiger partial charge on any atom is 0.250 e. The number of hydrogen-bond donors (Lipinski definition) is 3. The summed E-state index contributed by atoms with van der Waals surface area (Å²) in [6, 6.07) is 19.6. The number of benzene rings is 2. The van der Waals surface area contributed by atoms with Crippen LogP contribution in [0.4, 0.5) is 11.5 Å². The van der Waals surface area contributed by atoms with E-state index in [-0.39, 0.29) is 16.5 Å². The number of nitrogens with two attached hydrogens (primary N) is 1. The fourth-order valence-electron chi connectivity index (χ4n) is 2.65. The molecule has 0 unspecified atom stereocenters. The Labute approximate surface area is 167 Å². The number of nitrogens with zero attached hydrogens (tertiary/aromatic N) is 1. The van der Waals surface area contributed by atoms with Crippen LogP contribution in [0.1, 0.15) is 15.9 Å². The van der Waals surface area contributed by atoms with Crippen molar-refractivity contribution in [3.8, 4) is 0 Å². The minimum absolute atomic E-state index is 0.198. The molecule has 0 aliphatic carbocycles. The van der Waals surface area contributed by atoms with Gasteiger partial charge in [-0.2, -0.15) is 0 Å². The Hall–Kier alpha value is -3.38. The monoisotopic (exact) mass is 394 g/mol. The van der Waals surface area contributed by atoms with Crippen molar-refractivity contribution in [2.45, 2.75) is 12.5 Å². The van der Waals surface area contributed by atoms with Gasteiger partial charge >= 0.3 is 0 Å². The van der Waals surface area contributed by atoms with Gasteiger partial charge in [0.2, 0.25) is 11.8 Å². The number of para-hydroxylation sites is 1. The van der Waals surface area contributed by atoms with Crippen LogP contribution < -0.4 is 16.4 Å². The number of carbonyl (C=O) groups is 2. The molecule has 0 saturated heterocycles. The van der Waals surface area contributed by atoms with Gasteiger partial charge in [0.1, 0.15) is 11.9 Å². The highest BCUT2D eigenvalue weighted by atomic mass is 35.5. The molecule has 142 valence electrons. The van der Waals surface area contributed by atoms with Crippen molar-refractivity contribution in [1.82, 2.24) is 4.98 Å². The van der Waals surface area contributed by atoms with E-state index < -0.39 is 11.9 Å². The van der Waals surface area contributed by atoms with Gasteiger partial charge in [-0.3, -0.25) is 9.59 Å². The minimum atomic E-state index is -0.632.